The normalized spacial score (nSPS) is 14.7. The van der Waals surface area contributed by atoms with Crippen LogP contribution in [0.4, 0.5) is 13.2 Å². The number of ether oxygens (including phenoxy) is 2. The summed E-state index contributed by atoms with van der Waals surface area (Å²) < 4.78 is 52.7. The molecule has 0 amide bonds. The molecule has 0 bridgehead atoms. The Morgan fingerprint density at radius 3 is 2.19 bits per heavy atom. The molecule has 0 fully saturated rings. The van der Waals surface area contributed by atoms with Gasteiger partial charge in [-0.2, -0.15) is 13.2 Å². The van der Waals surface area contributed by atoms with E-state index in [1.165, 1.54) is 61.3 Å². The van der Waals surface area contributed by atoms with Crippen LogP contribution in [0.3, 0.4) is 0 Å². The van der Waals surface area contributed by atoms with Crippen molar-refractivity contribution in [3.8, 4) is 0 Å². The zero-order valence-corrected chi connectivity index (χ0v) is 19.5. The number of esters is 1. The molecule has 178 valence electrons. The molecule has 0 aliphatic carbocycles. The molecule has 0 aliphatic heterocycles. The quantitative estimate of drug-likeness (QED) is 0.213. The summed E-state index contributed by atoms with van der Waals surface area (Å²) in [6, 6.07) is 6.87. The van der Waals surface area contributed by atoms with Gasteiger partial charge in [-0.25, -0.2) is 9.78 Å². The van der Waals surface area contributed by atoms with Crippen molar-refractivity contribution in [2.24, 2.45) is 0 Å². The number of carbonyl (C=O) groups excluding carboxylic acids is 1. The number of aromatic nitrogens is 1. The Bertz CT molecular complexity index is 784. The number of rotatable bonds is 14. The van der Waals surface area contributed by atoms with Crippen LogP contribution in [0, 0.1) is 0 Å². The maximum absolute atomic E-state index is 14.1. The Kier molecular flexibility index (Phi) is 10.6. The van der Waals surface area contributed by atoms with Gasteiger partial charge >= 0.3 is 12.1 Å². The standard InChI is InChI=1S/C24H32F3NO3S/c1-3-4-5-6-7-8-9-13-16-20(21-28-17-18-32-21)31-22(29)23(30-2,24(25,26)27)19-14-11-10-12-15-19/h10-12,14-15,17-18,20H,3-9,13,16H2,1-2H3/t20-,23-/m1/s1. The number of hydrogen-bond acceptors (Lipinski definition) is 5. The third kappa shape index (κ3) is 6.78. The Labute approximate surface area is 192 Å². The average Bonchev–Trinajstić information content (AvgIpc) is 3.30. The van der Waals surface area contributed by atoms with Gasteiger partial charge in [0.1, 0.15) is 5.01 Å². The zero-order valence-electron chi connectivity index (χ0n) is 18.7. The van der Waals surface area contributed by atoms with Crippen LogP contribution in [0.15, 0.2) is 41.9 Å². The molecule has 2 atom stereocenters. The first-order valence-corrected chi connectivity index (χ1v) is 12.0. The fraction of sp³-hybridized carbons (Fsp3) is 0.583. The molecule has 1 aromatic carbocycles. The Morgan fingerprint density at radius 1 is 1.03 bits per heavy atom. The van der Waals surface area contributed by atoms with Crippen LogP contribution in [0.2, 0.25) is 0 Å². The summed E-state index contributed by atoms with van der Waals surface area (Å²) in [5, 5.41) is 2.20. The highest BCUT2D eigenvalue weighted by Gasteiger charge is 2.64. The third-order valence-corrected chi connectivity index (χ3v) is 6.34. The molecule has 0 N–H and O–H groups in total. The molecule has 32 heavy (non-hydrogen) atoms. The summed E-state index contributed by atoms with van der Waals surface area (Å²) in [5.41, 5.74) is -3.51. The van der Waals surface area contributed by atoms with Crippen molar-refractivity contribution in [1.29, 1.82) is 0 Å². The van der Waals surface area contributed by atoms with E-state index in [1.54, 1.807) is 17.6 Å². The van der Waals surface area contributed by atoms with Gasteiger partial charge in [0.05, 0.1) is 0 Å². The van der Waals surface area contributed by atoms with E-state index >= 15 is 0 Å². The number of halogens is 3. The molecule has 0 radical (unpaired) electrons. The van der Waals surface area contributed by atoms with Crippen LogP contribution >= 0.6 is 11.3 Å². The lowest BCUT2D eigenvalue weighted by molar-refractivity contribution is -0.278. The molecular weight excluding hydrogens is 439 g/mol. The first kappa shape index (κ1) is 26.3. The van der Waals surface area contributed by atoms with Gasteiger partial charge in [-0.1, -0.05) is 82.2 Å². The second-order valence-electron chi connectivity index (χ2n) is 7.78. The summed E-state index contributed by atoms with van der Waals surface area (Å²) in [6.45, 7) is 2.18. The van der Waals surface area contributed by atoms with E-state index in [9.17, 15) is 18.0 Å². The third-order valence-electron chi connectivity index (χ3n) is 5.47. The molecule has 8 heteroatoms. The minimum absolute atomic E-state index is 0.315. The molecule has 0 spiro atoms. The molecular formula is C24H32F3NO3S. The number of methoxy groups -OCH3 is 1. The number of thiazole rings is 1. The zero-order chi connectivity index (χ0) is 23.5. The van der Waals surface area contributed by atoms with Crippen molar-refractivity contribution < 1.29 is 27.4 Å². The lowest BCUT2D eigenvalue weighted by Gasteiger charge is -2.33. The first-order chi connectivity index (χ1) is 15.4. The fourth-order valence-corrected chi connectivity index (χ4v) is 4.39. The van der Waals surface area contributed by atoms with Gasteiger partial charge in [-0.05, 0) is 12.8 Å². The largest absolute Gasteiger partial charge is 0.452 e. The summed E-state index contributed by atoms with van der Waals surface area (Å²) in [4.78, 5) is 17.2. The summed E-state index contributed by atoms with van der Waals surface area (Å²) in [7, 11) is 0.874. The highest BCUT2D eigenvalue weighted by atomic mass is 32.1. The minimum Gasteiger partial charge on any atom is -0.452 e. The van der Waals surface area contributed by atoms with Crippen LogP contribution in [0.5, 0.6) is 0 Å². The summed E-state index contributed by atoms with van der Waals surface area (Å²) in [5.74, 6) is -1.47. The number of alkyl halides is 3. The van der Waals surface area contributed by atoms with Crippen molar-refractivity contribution >= 4 is 17.3 Å². The van der Waals surface area contributed by atoms with Gasteiger partial charge in [-0.15, -0.1) is 11.3 Å². The topological polar surface area (TPSA) is 48.4 Å². The molecule has 1 heterocycles. The van der Waals surface area contributed by atoms with E-state index in [0.717, 1.165) is 32.8 Å². The average molecular weight is 472 g/mol. The first-order valence-electron chi connectivity index (χ1n) is 11.1. The molecule has 0 saturated heterocycles. The monoisotopic (exact) mass is 471 g/mol. The van der Waals surface area contributed by atoms with E-state index < -0.39 is 23.9 Å². The molecule has 1 aromatic heterocycles. The van der Waals surface area contributed by atoms with Gasteiger partial charge in [0.15, 0.2) is 6.10 Å². The smallest absolute Gasteiger partial charge is 0.432 e. The minimum atomic E-state index is -4.99. The highest BCUT2D eigenvalue weighted by molar-refractivity contribution is 7.09. The number of unbranched alkanes of at least 4 members (excludes halogenated alkanes) is 7. The van der Waals surface area contributed by atoms with Crippen LogP contribution in [-0.2, 0) is 19.9 Å². The number of nitrogens with zero attached hydrogens (tertiary/aromatic N) is 1. The van der Waals surface area contributed by atoms with E-state index in [2.05, 4.69) is 11.9 Å². The SMILES string of the molecule is CCCCCCCCCC[C@@H](OC(=O)[C@](OC)(c1ccccc1)C(F)(F)F)c1nccs1. The Balaban J connectivity index is 2.09. The fourth-order valence-electron chi connectivity index (χ4n) is 3.69. The van der Waals surface area contributed by atoms with Gasteiger partial charge in [0, 0.05) is 24.3 Å². The molecule has 4 nitrogen and oxygen atoms in total. The van der Waals surface area contributed by atoms with E-state index in [1.807, 2.05) is 0 Å². The number of hydrogen-bond donors (Lipinski definition) is 0. The van der Waals surface area contributed by atoms with Gasteiger partial charge < -0.3 is 9.47 Å². The van der Waals surface area contributed by atoms with Gasteiger partial charge in [0.2, 0.25) is 0 Å². The summed E-state index contributed by atoms with van der Waals surface area (Å²) >= 11 is 1.26. The second-order valence-corrected chi connectivity index (χ2v) is 8.70. The van der Waals surface area contributed by atoms with Gasteiger partial charge in [0.25, 0.3) is 5.60 Å². The summed E-state index contributed by atoms with van der Waals surface area (Å²) in [6.07, 6.45) is 4.85. The van der Waals surface area contributed by atoms with Crippen molar-refractivity contribution in [2.75, 3.05) is 7.11 Å². The van der Waals surface area contributed by atoms with E-state index in [0.29, 0.717) is 11.4 Å². The van der Waals surface area contributed by atoms with Crippen LogP contribution in [-0.4, -0.2) is 24.2 Å². The predicted octanol–water partition coefficient (Wildman–Crippen LogP) is 7.36. The molecule has 0 saturated carbocycles. The lowest BCUT2D eigenvalue weighted by Crippen LogP contribution is -2.52. The highest BCUT2D eigenvalue weighted by Crippen LogP contribution is 2.44. The van der Waals surface area contributed by atoms with E-state index in [-0.39, 0.29) is 5.56 Å². The maximum atomic E-state index is 14.1. The van der Waals surface area contributed by atoms with Crippen LogP contribution in [0.1, 0.15) is 81.4 Å². The van der Waals surface area contributed by atoms with Gasteiger partial charge in [-0.3, -0.25) is 0 Å². The second kappa shape index (κ2) is 12.9. The van der Waals surface area contributed by atoms with Crippen LogP contribution < -0.4 is 0 Å². The number of carbonyl (C=O) groups is 1. The molecule has 2 aromatic rings. The van der Waals surface area contributed by atoms with Crippen molar-refractivity contribution in [2.45, 2.75) is 82.6 Å². The maximum Gasteiger partial charge on any atom is 0.432 e. The molecule has 0 unspecified atom stereocenters. The lowest BCUT2D eigenvalue weighted by atomic mass is 9.92. The van der Waals surface area contributed by atoms with Crippen molar-refractivity contribution in [1.82, 2.24) is 4.98 Å². The van der Waals surface area contributed by atoms with Crippen LogP contribution in [0.25, 0.3) is 0 Å². The molecule has 0 aliphatic rings. The van der Waals surface area contributed by atoms with Crippen molar-refractivity contribution in [3.63, 3.8) is 0 Å². The van der Waals surface area contributed by atoms with Crippen molar-refractivity contribution in [3.05, 3.63) is 52.5 Å². The van der Waals surface area contributed by atoms with E-state index in [4.69, 9.17) is 9.47 Å². The molecule has 2 rings (SSSR count). The Morgan fingerprint density at radius 2 is 1.66 bits per heavy atom. The Hall–Kier alpha value is -1.93. The predicted molar refractivity (Wildman–Crippen MR) is 119 cm³/mol. The number of benzene rings is 1.